The molecule has 2 atom stereocenters. The van der Waals surface area contributed by atoms with Gasteiger partial charge in [-0.2, -0.15) is 0 Å². The van der Waals surface area contributed by atoms with Crippen LogP contribution in [0.1, 0.15) is 45.6 Å². The number of ketones is 1. The van der Waals surface area contributed by atoms with Gasteiger partial charge in [-0.3, -0.25) is 9.59 Å². The van der Waals surface area contributed by atoms with Crippen molar-refractivity contribution in [2.24, 2.45) is 0 Å². The van der Waals surface area contributed by atoms with Gasteiger partial charge in [0.1, 0.15) is 17.6 Å². The minimum Gasteiger partial charge on any atom is -0.507 e. The van der Waals surface area contributed by atoms with Crippen LogP contribution in [0.25, 0.3) is 5.76 Å². The zero-order valence-electron chi connectivity index (χ0n) is 19.9. The van der Waals surface area contributed by atoms with Crippen molar-refractivity contribution in [3.05, 3.63) is 106 Å². The zero-order chi connectivity index (χ0) is 25.4. The molecule has 1 fully saturated rings. The number of aliphatic hydroxyl groups is 1. The van der Waals surface area contributed by atoms with Crippen molar-refractivity contribution in [3.8, 4) is 5.75 Å². The highest BCUT2D eigenvalue weighted by Gasteiger charge is 2.46. The molecule has 3 aromatic rings. The van der Waals surface area contributed by atoms with Crippen LogP contribution >= 0.6 is 0 Å². The normalized spacial score (nSPS) is 20.2. The molecule has 0 aliphatic carbocycles. The van der Waals surface area contributed by atoms with Crippen LogP contribution in [0.3, 0.4) is 0 Å². The van der Waals surface area contributed by atoms with E-state index in [1.165, 1.54) is 12.0 Å². The number of methoxy groups -OCH3 is 1. The molecule has 3 aromatic carbocycles. The molecule has 2 heterocycles. The Bertz CT molecular complexity index is 1380. The molecule has 1 amide bonds. The molecular weight excluding hydrogens is 458 g/mol. The van der Waals surface area contributed by atoms with E-state index in [-0.39, 0.29) is 24.0 Å². The Morgan fingerprint density at radius 3 is 2.42 bits per heavy atom. The molecule has 0 radical (unpaired) electrons. The Hall–Kier alpha value is -4.39. The number of aliphatic hydroxyl groups excluding tert-OH is 1. The molecule has 0 bridgehead atoms. The first kappa shape index (κ1) is 23.4. The van der Waals surface area contributed by atoms with Crippen molar-refractivity contribution >= 4 is 23.4 Å². The summed E-state index contributed by atoms with van der Waals surface area (Å²) in [6, 6.07) is 20.3. The van der Waals surface area contributed by atoms with Gasteiger partial charge in [0.25, 0.3) is 11.7 Å². The Kier molecular flexibility index (Phi) is 6.06. The third-order valence-corrected chi connectivity index (χ3v) is 6.55. The minimum atomic E-state index is -0.833. The van der Waals surface area contributed by atoms with Crippen LogP contribution in [0.2, 0.25) is 0 Å². The second-order valence-corrected chi connectivity index (χ2v) is 8.98. The fraction of sp³-hybridized carbons (Fsp3) is 0.207. The highest BCUT2D eigenvalue weighted by molar-refractivity contribution is 6.46. The van der Waals surface area contributed by atoms with Crippen molar-refractivity contribution < 1.29 is 29.0 Å². The second kappa shape index (κ2) is 9.34. The van der Waals surface area contributed by atoms with E-state index in [4.69, 9.17) is 9.47 Å². The summed E-state index contributed by atoms with van der Waals surface area (Å²) in [6.07, 6.45) is 0.721. The van der Waals surface area contributed by atoms with E-state index in [0.29, 0.717) is 23.1 Å². The number of esters is 1. The molecule has 0 unspecified atom stereocenters. The summed E-state index contributed by atoms with van der Waals surface area (Å²) in [5.41, 5.74) is 3.17. The summed E-state index contributed by atoms with van der Waals surface area (Å²) < 4.78 is 10.5. The van der Waals surface area contributed by atoms with Gasteiger partial charge < -0.3 is 19.5 Å². The quantitative estimate of drug-likeness (QED) is 0.250. The van der Waals surface area contributed by atoms with Gasteiger partial charge in [0.2, 0.25) is 0 Å². The average molecular weight is 484 g/mol. The van der Waals surface area contributed by atoms with Gasteiger partial charge in [0.05, 0.1) is 24.3 Å². The Morgan fingerprint density at radius 2 is 1.72 bits per heavy atom. The number of benzene rings is 3. The highest BCUT2D eigenvalue weighted by atomic mass is 16.5. The number of likely N-dealkylation sites (tertiary alicyclic amines) is 1. The Balaban J connectivity index is 1.62. The van der Waals surface area contributed by atoms with E-state index >= 15 is 0 Å². The third kappa shape index (κ3) is 4.13. The van der Waals surface area contributed by atoms with Gasteiger partial charge in [-0.05, 0) is 53.9 Å². The van der Waals surface area contributed by atoms with E-state index in [1.807, 2.05) is 37.3 Å². The number of carbonyl (C=O) groups excluding carboxylic acids is 3. The topological polar surface area (TPSA) is 93.1 Å². The van der Waals surface area contributed by atoms with E-state index in [0.717, 1.165) is 16.9 Å². The summed E-state index contributed by atoms with van der Waals surface area (Å²) in [6.45, 7) is 2.15. The molecule has 0 spiro atoms. The molecule has 5 rings (SSSR count). The number of rotatable bonds is 5. The largest absolute Gasteiger partial charge is 0.507 e. The fourth-order valence-corrected chi connectivity index (χ4v) is 4.81. The number of ether oxygens (including phenoxy) is 2. The zero-order valence-corrected chi connectivity index (χ0v) is 19.9. The van der Waals surface area contributed by atoms with Crippen LogP contribution in [-0.4, -0.2) is 40.9 Å². The number of amides is 1. The number of hydrogen-bond acceptors (Lipinski definition) is 6. The Labute approximate surface area is 208 Å². The SMILES string of the molecule is COC(=O)c1ccc([C@H]2/C(=C(\O)c3ccc4c(c3)C[C@@H](C)O4)C(=O)C(=O)N2Cc2ccccc2)cc1. The van der Waals surface area contributed by atoms with E-state index in [1.54, 1.807) is 42.5 Å². The molecule has 36 heavy (non-hydrogen) atoms. The average Bonchev–Trinajstić information content (AvgIpc) is 3.39. The second-order valence-electron chi connectivity index (χ2n) is 8.98. The fourth-order valence-electron chi connectivity index (χ4n) is 4.81. The maximum absolute atomic E-state index is 13.3. The van der Waals surface area contributed by atoms with E-state index in [2.05, 4.69) is 0 Å². The lowest BCUT2D eigenvalue weighted by molar-refractivity contribution is -0.140. The number of Topliss-reactive ketones (excluding diaryl/α,β-unsaturated/α-hetero) is 1. The maximum Gasteiger partial charge on any atom is 0.337 e. The smallest absolute Gasteiger partial charge is 0.337 e. The van der Waals surface area contributed by atoms with Gasteiger partial charge in [-0.15, -0.1) is 0 Å². The van der Waals surface area contributed by atoms with E-state index < -0.39 is 23.7 Å². The van der Waals surface area contributed by atoms with Gasteiger partial charge in [-0.25, -0.2) is 4.79 Å². The maximum atomic E-state index is 13.3. The van der Waals surface area contributed by atoms with Crippen molar-refractivity contribution in [1.29, 1.82) is 0 Å². The lowest BCUT2D eigenvalue weighted by atomic mass is 9.93. The summed E-state index contributed by atoms with van der Waals surface area (Å²) in [5.74, 6) is -1.43. The first-order chi connectivity index (χ1) is 17.4. The van der Waals surface area contributed by atoms with Crippen molar-refractivity contribution in [3.63, 3.8) is 0 Å². The molecule has 0 saturated carbocycles. The molecule has 1 saturated heterocycles. The number of nitrogens with zero attached hydrogens (tertiary/aromatic N) is 1. The van der Waals surface area contributed by atoms with Crippen LogP contribution in [-0.2, 0) is 27.3 Å². The lowest BCUT2D eigenvalue weighted by Gasteiger charge is -2.25. The molecule has 0 aromatic heterocycles. The third-order valence-electron chi connectivity index (χ3n) is 6.55. The van der Waals surface area contributed by atoms with Crippen LogP contribution in [0, 0.1) is 0 Å². The van der Waals surface area contributed by atoms with Crippen molar-refractivity contribution in [1.82, 2.24) is 4.90 Å². The summed E-state index contributed by atoms with van der Waals surface area (Å²) in [5, 5.41) is 11.4. The van der Waals surface area contributed by atoms with Crippen LogP contribution in [0.5, 0.6) is 5.75 Å². The van der Waals surface area contributed by atoms with E-state index in [9.17, 15) is 19.5 Å². The predicted molar refractivity (Wildman–Crippen MR) is 132 cm³/mol. The molecule has 2 aliphatic rings. The summed E-state index contributed by atoms with van der Waals surface area (Å²) in [7, 11) is 1.30. The first-order valence-corrected chi connectivity index (χ1v) is 11.7. The standard InChI is InChI=1S/C29H25NO6/c1-17-14-22-15-21(12-13-23(22)36-17)26(31)24-25(19-8-10-20(11-9-19)29(34)35-2)30(28(33)27(24)32)16-18-6-4-3-5-7-18/h3-13,15,17,25,31H,14,16H2,1-2H3/b26-24+/t17-,25+/m1/s1. The minimum absolute atomic E-state index is 0.00802. The number of hydrogen-bond donors (Lipinski definition) is 1. The highest BCUT2D eigenvalue weighted by Crippen LogP contribution is 2.41. The van der Waals surface area contributed by atoms with Gasteiger partial charge >= 0.3 is 5.97 Å². The number of fused-ring (bicyclic) bond motifs is 1. The summed E-state index contributed by atoms with van der Waals surface area (Å²) >= 11 is 0. The first-order valence-electron chi connectivity index (χ1n) is 11.7. The van der Waals surface area contributed by atoms with Crippen molar-refractivity contribution in [2.45, 2.75) is 32.0 Å². The number of carbonyl (C=O) groups is 3. The lowest BCUT2D eigenvalue weighted by Crippen LogP contribution is -2.29. The van der Waals surface area contributed by atoms with Crippen molar-refractivity contribution in [2.75, 3.05) is 7.11 Å². The molecular formula is C29H25NO6. The Morgan fingerprint density at radius 1 is 1.03 bits per heavy atom. The van der Waals surface area contributed by atoms with Crippen LogP contribution < -0.4 is 4.74 Å². The predicted octanol–water partition coefficient (Wildman–Crippen LogP) is 4.42. The molecule has 182 valence electrons. The van der Waals surface area contributed by atoms with Gasteiger partial charge in [0.15, 0.2) is 0 Å². The molecule has 1 N–H and O–H groups in total. The monoisotopic (exact) mass is 483 g/mol. The van der Waals surface area contributed by atoms with Crippen LogP contribution in [0.15, 0.2) is 78.4 Å². The van der Waals surface area contributed by atoms with Gasteiger partial charge in [-0.1, -0.05) is 42.5 Å². The molecule has 7 heteroatoms. The van der Waals surface area contributed by atoms with Crippen LogP contribution in [0.4, 0.5) is 0 Å². The molecule has 7 nitrogen and oxygen atoms in total. The molecule has 2 aliphatic heterocycles. The summed E-state index contributed by atoms with van der Waals surface area (Å²) in [4.78, 5) is 39.9. The van der Waals surface area contributed by atoms with Gasteiger partial charge in [0, 0.05) is 18.5 Å².